The number of ether oxygens (including phenoxy) is 1. The first-order chi connectivity index (χ1) is 9.22. The molecule has 0 atom stereocenters. The summed E-state index contributed by atoms with van der Waals surface area (Å²) in [5.74, 6) is 2.05. The highest BCUT2D eigenvalue weighted by atomic mass is 35.5. The molecule has 1 heterocycles. The molecule has 0 saturated carbocycles. The topological polar surface area (TPSA) is 35.0 Å². The second kappa shape index (κ2) is 6.53. The molecule has 0 radical (unpaired) electrons. The second-order valence-electron chi connectivity index (χ2n) is 4.26. The first kappa shape index (κ1) is 13.8. The van der Waals surface area contributed by atoms with Gasteiger partial charge in [-0.15, -0.1) is 0 Å². The van der Waals surface area contributed by atoms with Crippen molar-refractivity contribution < 1.29 is 4.74 Å². The number of rotatable bonds is 5. The van der Waals surface area contributed by atoms with Gasteiger partial charge in [0.2, 0.25) is 5.88 Å². The third-order valence-electron chi connectivity index (χ3n) is 2.76. The van der Waals surface area contributed by atoms with Crippen LogP contribution in [0.3, 0.4) is 0 Å². The number of hydrogen-bond donors (Lipinski definition) is 0. The van der Waals surface area contributed by atoms with E-state index in [-0.39, 0.29) is 0 Å². The van der Waals surface area contributed by atoms with Crippen LogP contribution in [-0.4, -0.2) is 9.97 Å². The van der Waals surface area contributed by atoms with E-state index in [1.165, 1.54) is 0 Å². The third-order valence-corrected chi connectivity index (χ3v) is 2.95. The van der Waals surface area contributed by atoms with E-state index in [2.05, 4.69) is 23.8 Å². The van der Waals surface area contributed by atoms with Crippen molar-refractivity contribution in [2.45, 2.75) is 33.1 Å². The summed E-state index contributed by atoms with van der Waals surface area (Å²) in [7, 11) is 0. The van der Waals surface area contributed by atoms with Crippen molar-refractivity contribution in [2.75, 3.05) is 0 Å². The van der Waals surface area contributed by atoms with Gasteiger partial charge in [0.05, 0.1) is 0 Å². The predicted octanol–water partition coefficient (Wildman–Crippen LogP) is 4.44. The summed E-state index contributed by atoms with van der Waals surface area (Å²) in [4.78, 5) is 8.56. The number of hydrogen-bond acceptors (Lipinski definition) is 3. The number of halogens is 1. The van der Waals surface area contributed by atoms with Crippen LogP contribution in [0.25, 0.3) is 0 Å². The molecular weight excluding hydrogens is 260 g/mol. The van der Waals surface area contributed by atoms with Gasteiger partial charge >= 0.3 is 0 Å². The van der Waals surface area contributed by atoms with E-state index in [1.807, 2.05) is 24.3 Å². The fourth-order valence-electron chi connectivity index (χ4n) is 1.84. The van der Waals surface area contributed by atoms with E-state index < -0.39 is 0 Å². The van der Waals surface area contributed by atoms with Crippen molar-refractivity contribution in [3.63, 3.8) is 0 Å². The molecule has 4 heteroatoms. The minimum Gasteiger partial charge on any atom is -0.439 e. The van der Waals surface area contributed by atoms with Crippen LogP contribution in [0.1, 0.15) is 31.7 Å². The Balaban J connectivity index is 2.27. The fourth-order valence-corrected chi connectivity index (χ4v) is 2.03. The molecule has 1 aromatic heterocycles. The summed E-state index contributed by atoms with van der Waals surface area (Å²) in [5.41, 5.74) is 1.15. The summed E-state index contributed by atoms with van der Waals surface area (Å²) in [6.45, 7) is 4.18. The third kappa shape index (κ3) is 3.67. The Labute approximate surface area is 118 Å². The molecule has 3 nitrogen and oxygen atoms in total. The maximum atomic E-state index is 5.99. The van der Waals surface area contributed by atoms with Crippen molar-refractivity contribution in [3.8, 4) is 11.6 Å². The molecule has 0 bridgehead atoms. The normalized spacial score (nSPS) is 10.5. The summed E-state index contributed by atoms with van der Waals surface area (Å²) >= 11 is 5.99. The standard InChI is InChI=1S/C15H17ClN2O/c1-3-7-14-17-13(16)10-15(18-14)19-12-9-6-5-8-11(12)4-2/h5-6,8-10H,3-4,7H2,1-2H3. The van der Waals surface area contributed by atoms with Gasteiger partial charge in [-0.25, -0.2) is 4.98 Å². The van der Waals surface area contributed by atoms with Crippen LogP contribution in [0.5, 0.6) is 11.6 Å². The van der Waals surface area contributed by atoms with Gasteiger partial charge in [-0.05, 0) is 24.5 Å². The Morgan fingerprint density at radius 1 is 1.16 bits per heavy atom. The van der Waals surface area contributed by atoms with E-state index in [4.69, 9.17) is 16.3 Å². The van der Waals surface area contributed by atoms with Crippen LogP contribution in [-0.2, 0) is 12.8 Å². The maximum absolute atomic E-state index is 5.99. The average molecular weight is 277 g/mol. The summed E-state index contributed by atoms with van der Waals surface area (Å²) in [6.07, 6.45) is 2.69. The van der Waals surface area contributed by atoms with Crippen molar-refractivity contribution >= 4 is 11.6 Å². The summed E-state index contributed by atoms with van der Waals surface area (Å²) in [6, 6.07) is 9.58. The molecule has 0 unspecified atom stereocenters. The molecule has 0 aliphatic heterocycles. The lowest BCUT2D eigenvalue weighted by Gasteiger charge is -2.10. The predicted molar refractivity (Wildman–Crippen MR) is 76.9 cm³/mol. The van der Waals surface area contributed by atoms with Gasteiger partial charge in [0.1, 0.15) is 16.7 Å². The van der Waals surface area contributed by atoms with Crippen LogP contribution >= 0.6 is 11.6 Å². The number of aromatic nitrogens is 2. The highest BCUT2D eigenvalue weighted by molar-refractivity contribution is 6.29. The first-order valence-electron chi connectivity index (χ1n) is 6.52. The number of para-hydroxylation sites is 1. The van der Waals surface area contributed by atoms with Crippen LogP contribution in [0.15, 0.2) is 30.3 Å². The van der Waals surface area contributed by atoms with Crippen LogP contribution in [0.4, 0.5) is 0 Å². The van der Waals surface area contributed by atoms with Gasteiger partial charge in [0, 0.05) is 12.5 Å². The fraction of sp³-hybridized carbons (Fsp3) is 0.333. The van der Waals surface area contributed by atoms with Crippen LogP contribution in [0, 0.1) is 0 Å². The van der Waals surface area contributed by atoms with E-state index in [0.717, 1.165) is 36.4 Å². The molecular formula is C15H17ClN2O. The largest absolute Gasteiger partial charge is 0.439 e. The zero-order valence-electron chi connectivity index (χ0n) is 11.2. The molecule has 0 amide bonds. The average Bonchev–Trinajstić information content (AvgIpc) is 2.39. The van der Waals surface area contributed by atoms with E-state index >= 15 is 0 Å². The highest BCUT2D eigenvalue weighted by Gasteiger charge is 2.07. The number of nitrogens with zero attached hydrogens (tertiary/aromatic N) is 2. The van der Waals surface area contributed by atoms with Gasteiger partial charge in [-0.1, -0.05) is 43.6 Å². The Hall–Kier alpha value is -1.61. The van der Waals surface area contributed by atoms with Crippen LogP contribution < -0.4 is 4.74 Å². The highest BCUT2D eigenvalue weighted by Crippen LogP contribution is 2.25. The smallest absolute Gasteiger partial charge is 0.224 e. The molecule has 0 spiro atoms. The lowest BCUT2D eigenvalue weighted by molar-refractivity contribution is 0.453. The van der Waals surface area contributed by atoms with Crippen molar-refractivity contribution in [3.05, 3.63) is 46.9 Å². The van der Waals surface area contributed by atoms with Crippen LogP contribution in [0.2, 0.25) is 5.15 Å². The minimum atomic E-state index is 0.419. The first-order valence-corrected chi connectivity index (χ1v) is 6.90. The summed E-state index contributed by atoms with van der Waals surface area (Å²) in [5, 5.41) is 0.419. The minimum absolute atomic E-state index is 0.419. The monoisotopic (exact) mass is 276 g/mol. The Morgan fingerprint density at radius 2 is 1.95 bits per heavy atom. The van der Waals surface area contributed by atoms with E-state index in [9.17, 15) is 0 Å². The Kier molecular flexibility index (Phi) is 4.74. The van der Waals surface area contributed by atoms with Gasteiger partial charge in [0.15, 0.2) is 0 Å². The number of aryl methyl sites for hydroxylation is 2. The zero-order chi connectivity index (χ0) is 13.7. The molecule has 0 aliphatic carbocycles. The summed E-state index contributed by atoms with van der Waals surface area (Å²) < 4.78 is 5.83. The lowest BCUT2D eigenvalue weighted by atomic mass is 10.1. The van der Waals surface area contributed by atoms with Crippen molar-refractivity contribution in [1.29, 1.82) is 0 Å². The molecule has 0 saturated heterocycles. The zero-order valence-corrected chi connectivity index (χ0v) is 11.9. The Bertz CT molecular complexity index is 558. The van der Waals surface area contributed by atoms with Gasteiger partial charge in [0.25, 0.3) is 0 Å². The molecule has 0 aliphatic rings. The molecule has 2 rings (SSSR count). The molecule has 2 aromatic rings. The Morgan fingerprint density at radius 3 is 2.68 bits per heavy atom. The van der Waals surface area contributed by atoms with E-state index in [1.54, 1.807) is 6.07 Å². The van der Waals surface area contributed by atoms with Crippen molar-refractivity contribution in [1.82, 2.24) is 9.97 Å². The van der Waals surface area contributed by atoms with E-state index in [0.29, 0.717) is 11.0 Å². The molecule has 0 N–H and O–H groups in total. The molecule has 19 heavy (non-hydrogen) atoms. The molecule has 0 fully saturated rings. The van der Waals surface area contributed by atoms with Gasteiger partial charge in [-0.2, -0.15) is 4.98 Å². The van der Waals surface area contributed by atoms with Gasteiger partial charge in [-0.3, -0.25) is 0 Å². The number of benzene rings is 1. The second-order valence-corrected chi connectivity index (χ2v) is 4.65. The maximum Gasteiger partial charge on any atom is 0.224 e. The molecule has 100 valence electrons. The quantitative estimate of drug-likeness (QED) is 0.758. The SMILES string of the molecule is CCCc1nc(Cl)cc(Oc2ccccc2CC)n1. The van der Waals surface area contributed by atoms with Crippen molar-refractivity contribution in [2.24, 2.45) is 0 Å². The lowest BCUT2D eigenvalue weighted by Crippen LogP contribution is -1.98. The van der Waals surface area contributed by atoms with Gasteiger partial charge < -0.3 is 4.74 Å². The molecule has 1 aromatic carbocycles.